The Morgan fingerprint density at radius 3 is 2.53 bits per heavy atom. The van der Waals surface area contributed by atoms with Crippen LogP contribution in [0.25, 0.3) is 0 Å². The van der Waals surface area contributed by atoms with Crippen LogP contribution in [0.4, 0.5) is 5.82 Å². The molecule has 5 heteroatoms. The lowest BCUT2D eigenvalue weighted by atomic mass is 10.1. The number of rotatable bonds is 3. The number of hydrogen-bond donors (Lipinski definition) is 1. The molecule has 0 aliphatic rings. The lowest BCUT2D eigenvalue weighted by Crippen LogP contribution is -2.44. The van der Waals surface area contributed by atoms with E-state index in [0.717, 1.165) is 0 Å². The van der Waals surface area contributed by atoms with Crippen LogP contribution >= 0.6 is 11.6 Å². The highest BCUT2D eigenvalue weighted by molar-refractivity contribution is 6.29. The van der Waals surface area contributed by atoms with Crippen molar-refractivity contribution in [2.75, 3.05) is 18.6 Å². The topological polar surface area (TPSA) is 49.2 Å². The van der Waals surface area contributed by atoms with Crippen molar-refractivity contribution >= 4 is 17.4 Å². The van der Waals surface area contributed by atoms with Crippen molar-refractivity contribution in [2.45, 2.75) is 26.3 Å². The zero-order valence-electron chi connectivity index (χ0n) is 9.45. The summed E-state index contributed by atoms with van der Waals surface area (Å²) in [4.78, 5) is 10.1. The fourth-order valence-electron chi connectivity index (χ4n) is 1.10. The molecule has 1 aromatic rings. The predicted octanol–water partition coefficient (Wildman–Crippen LogP) is 1.65. The van der Waals surface area contributed by atoms with Gasteiger partial charge < -0.3 is 10.0 Å². The molecule has 15 heavy (non-hydrogen) atoms. The second-order valence-corrected chi connectivity index (χ2v) is 4.51. The number of aromatic nitrogens is 2. The number of halogens is 1. The summed E-state index contributed by atoms with van der Waals surface area (Å²) in [5.41, 5.74) is -0.371. The predicted molar refractivity (Wildman–Crippen MR) is 61.3 cm³/mol. The Hall–Kier alpha value is -0.870. The summed E-state index contributed by atoms with van der Waals surface area (Å²) in [5, 5.41) is 9.66. The Morgan fingerprint density at radius 2 is 2.07 bits per heavy atom. The van der Waals surface area contributed by atoms with E-state index in [1.54, 1.807) is 13.0 Å². The van der Waals surface area contributed by atoms with Crippen molar-refractivity contribution in [3.63, 3.8) is 0 Å². The van der Waals surface area contributed by atoms with Crippen LogP contribution in [-0.2, 0) is 0 Å². The van der Waals surface area contributed by atoms with Crippen molar-refractivity contribution in [1.82, 2.24) is 9.97 Å². The van der Waals surface area contributed by atoms with E-state index in [9.17, 15) is 5.11 Å². The molecule has 0 aliphatic carbocycles. The largest absolute Gasteiger partial charge is 0.394 e. The summed E-state index contributed by atoms with van der Waals surface area (Å²) in [7, 11) is 1.87. The molecule has 84 valence electrons. The molecule has 0 aromatic carbocycles. The molecule has 4 nitrogen and oxygen atoms in total. The number of likely N-dealkylation sites (N-methyl/N-ethyl adjacent to an activating group) is 1. The third-order valence-corrected chi connectivity index (χ3v) is 2.63. The van der Waals surface area contributed by atoms with Gasteiger partial charge in [0.1, 0.15) is 16.8 Å². The minimum absolute atomic E-state index is 0.0458. The van der Waals surface area contributed by atoms with E-state index in [-0.39, 0.29) is 12.1 Å². The molecule has 1 aromatic heterocycles. The van der Waals surface area contributed by atoms with Crippen molar-refractivity contribution in [2.24, 2.45) is 0 Å². The van der Waals surface area contributed by atoms with Gasteiger partial charge in [-0.25, -0.2) is 9.97 Å². The first-order valence-corrected chi connectivity index (χ1v) is 5.10. The Morgan fingerprint density at radius 1 is 1.47 bits per heavy atom. The number of hydrogen-bond acceptors (Lipinski definition) is 4. The third kappa shape index (κ3) is 2.79. The highest BCUT2D eigenvalue weighted by atomic mass is 35.5. The van der Waals surface area contributed by atoms with Gasteiger partial charge in [-0.3, -0.25) is 0 Å². The van der Waals surface area contributed by atoms with Crippen LogP contribution in [0.2, 0.25) is 5.15 Å². The minimum Gasteiger partial charge on any atom is -0.394 e. The Bertz CT molecular complexity index is 334. The number of aliphatic hydroxyl groups excluding tert-OH is 1. The highest BCUT2D eigenvalue weighted by Crippen LogP contribution is 2.21. The average Bonchev–Trinajstić information content (AvgIpc) is 2.15. The SMILES string of the molecule is Cc1nc(Cl)cc(N(C)C(C)(C)CO)n1. The van der Waals surface area contributed by atoms with E-state index in [2.05, 4.69) is 9.97 Å². The Labute approximate surface area is 94.9 Å². The van der Waals surface area contributed by atoms with Gasteiger partial charge in [-0.15, -0.1) is 0 Å². The summed E-state index contributed by atoms with van der Waals surface area (Å²) in [6, 6.07) is 1.69. The fraction of sp³-hybridized carbons (Fsp3) is 0.600. The van der Waals surface area contributed by atoms with Gasteiger partial charge in [0, 0.05) is 13.1 Å². The molecule has 1 N–H and O–H groups in total. The molecule has 0 amide bonds. The van der Waals surface area contributed by atoms with Crippen molar-refractivity contribution in [3.8, 4) is 0 Å². The van der Waals surface area contributed by atoms with Crippen LogP contribution in [-0.4, -0.2) is 34.3 Å². The smallest absolute Gasteiger partial charge is 0.134 e. The maximum Gasteiger partial charge on any atom is 0.134 e. The molecule has 0 aliphatic heterocycles. The van der Waals surface area contributed by atoms with Crippen molar-refractivity contribution in [1.29, 1.82) is 0 Å². The summed E-state index contributed by atoms with van der Waals surface area (Å²) < 4.78 is 0. The van der Waals surface area contributed by atoms with Gasteiger partial charge in [0.25, 0.3) is 0 Å². The van der Waals surface area contributed by atoms with Gasteiger partial charge in [-0.1, -0.05) is 11.6 Å². The van der Waals surface area contributed by atoms with E-state index < -0.39 is 0 Å². The molecule has 0 saturated heterocycles. The lowest BCUT2D eigenvalue weighted by Gasteiger charge is -2.34. The third-order valence-electron chi connectivity index (χ3n) is 2.43. The Kier molecular flexibility index (Phi) is 3.52. The maximum absolute atomic E-state index is 9.25. The molecule has 1 rings (SSSR count). The first-order valence-electron chi connectivity index (χ1n) is 4.72. The zero-order chi connectivity index (χ0) is 11.6. The van der Waals surface area contributed by atoms with E-state index in [1.165, 1.54) is 0 Å². The molecular formula is C10H16ClN3O. The van der Waals surface area contributed by atoms with Crippen molar-refractivity contribution < 1.29 is 5.11 Å². The van der Waals surface area contributed by atoms with Crippen LogP contribution in [0, 0.1) is 6.92 Å². The molecule has 1 heterocycles. The number of anilines is 1. The van der Waals surface area contributed by atoms with Crippen LogP contribution in [0.15, 0.2) is 6.07 Å². The highest BCUT2D eigenvalue weighted by Gasteiger charge is 2.24. The van der Waals surface area contributed by atoms with E-state index in [4.69, 9.17) is 11.6 Å². The molecule has 0 unspecified atom stereocenters. The van der Waals surface area contributed by atoms with Crippen molar-refractivity contribution in [3.05, 3.63) is 17.0 Å². The monoisotopic (exact) mass is 229 g/mol. The standard InChI is InChI=1S/C10H16ClN3O/c1-7-12-8(11)5-9(13-7)14(4)10(2,3)6-15/h5,15H,6H2,1-4H3. The van der Waals surface area contributed by atoms with E-state index in [1.807, 2.05) is 25.8 Å². The molecule has 0 atom stereocenters. The van der Waals surface area contributed by atoms with Gasteiger partial charge >= 0.3 is 0 Å². The van der Waals surface area contributed by atoms with E-state index in [0.29, 0.717) is 16.8 Å². The fourth-order valence-corrected chi connectivity index (χ4v) is 1.32. The van der Waals surface area contributed by atoms with Gasteiger partial charge in [0.15, 0.2) is 0 Å². The first-order chi connectivity index (χ1) is 6.86. The molecule has 0 bridgehead atoms. The molecule has 0 fully saturated rings. The average molecular weight is 230 g/mol. The van der Waals surface area contributed by atoms with Gasteiger partial charge in [-0.05, 0) is 20.8 Å². The molecule has 0 saturated carbocycles. The molecule has 0 spiro atoms. The summed E-state index contributed by atoms with van der Waals surface area (Å²) >= 11 is 5.85. The minimum atomic E-state index is -0.371. The molecule has 0 radical (unpaired) electrons. The second kappa shape index (κ2) is 4.33. The quantitative estimate of drug-likeness (QED) is 0.801. The molecular weight excluding hydrogens is 214 g/mol. The van der Waals surface area contributed by atoms with Crippen LogP contribution in [0.1, 0.15) is 19.7 Å². The maximum atomic E-state index is 9.25. The number of aliphatic hydroxyl groups is 1. The van der Waals surface area contributed by atoms with Gasteiger partial charge in [0.05, 0.1) is 12.1 Å². The normalized spacial score (nSPS) is 11.6. The number of nitrogens with zero attached hydrogens (tertiary/aromatic N) is 3. The van der Waals surface area contributed by atoms with Crippen LogP contribution in [0.3, 0.4) is 0 Å². The first kappa shape index (κ1) is 12.2. The summed E-state index contributed by atoms with van der Waals surface area (Å²) in [6.07, 6.45) is 0. The Balaban J connectivity index is 3.06. The summed E-state index contributed by atoms with van der Waals surface area (Å²) in [5.74, 6) is 1.34. The van der Waals surface area contributed by atoms with Gasteiger partial charge in [0.2, 0.25) is 0 Å². The van der Waals surface area contributed by atoms with Crippen LogP contribution in [0.5, 0.6) is 0 Å². The number of aryl methyl sites for hydroxylation is 1. The van der Waals surface area contributed by atoms with Crippen LogP contribution < -0.4 is 4.90 Å². The van der Waals surface area contributed by atoms with E-state index >= 15 is 0 Å². The summed E-state index contributed by atoms with van der Waals surface area (Å²) in [6.45, 7) is 5.69. The lowest BCUT2D eigenvalue weighted by molar-refractivity contribution is 0.215. The zero-order valence-corrected chi connectivity index (χ0v) is 10.2. The van der Waals surface area contributed by atoms with Gasteiger partial charge in [-0.2, -0.15) is 0 Å². The second-order valence-electron chi connectivity index (χ2n) is 4.13.